The number of hydrogen-bond donors (Lipinski definition) is 0. The lowest BCUT2D eigenvalue weighted by atomic mass is 9.82. The van der Waals surface area contributed by atoms with Gasteiger partial charge in [0.2, 0.25) is 0 Å². The molecule has 0 aliphatic heterocycles. The normalized spacial score (nSPS) is 13.1. The van der Waals surface area contributed by atoms with Crippen LogP contribution in [0, 0.1) is 0 Å². The summed E-state index contributed by atoms with van der Waals surface area (Å²) < 4.78 is 13.4. The monoisotopic (exact) mass is 793 g/mol. The number of nitrogens with zero attached hydrogens (tertiary/aromatic N) is 1. The quantitative estimate of drug-likeness (QED) is 0.163. The predicted octanol–water partition coefficient (Wildman–Crippen LogP) is 16.9. The van der Waals surface area contributed by atoms with Gasteiger partial charge in [0, 0.05) is 38.4 Å². The van der Waals surface area contributed by atoms with Crippen molar-refractivity contribution in [1.82, 2.24) is 0 Å². The molecule has 13 rings (SSSR count). The van der Waals surface area contributed by atoms with E-state index in [9.17, 15) is 0 Å². The molecule has 1 aliphatic rings. The van der Waals surface area contributed by atoms with Crippen LogP contribution in [-0.4, -0.2) is 0 Å². The van der Waals surface area contributed by atoms with Gasteiger partial charge in [-0.05, 0) is 110 Å². The van der Waals surface area contributed by atoms with Gasteiger partial charge in [0.1, 0.15) is 22.3 Å². The van der Waals surface area contributed by atoms with Gasteiger partial charge in [0.15, 0.2) is 0 Å². The molecule has 12 aromatic rings. The van der Waals surface area contributed by atoms with E-state index >= 15 is 0 Å². The van der Waals surface area contributed by atoms with Crippen LogP contribution in [0.5, 0.6) is 0 Å². The number of fused-ring (bicyclic) bond motifs is 12. The zero-order valence-corrected chi connectivity index (χ0v) is 34.3. The fourth-order valence-electron chi connectivity index (χ4n) is 10.6. The smallest absolute Gasteiger partial charge is 0.145 e. The molecule has 0 fully saturated rings. The van der Waals surface area contributed by atoms with E-state index in [0.29, 0.717) is 0 Å². The second kappa shape index (κ2) is 13.1. The fourth-order valence-corrected chi connectivity index (χ4v) is 10.6. The Kier molecular flexibility index (Phi) is 7.36. The van der Waals surface area contributed by atoms with Crippen molar-refractivity contribution in [3.05, 3.63) is 211 Å². The lowest BCUT2D eigenvalue weighted by Gasteiger charge is -2.30. The maximum atomic E-state index is 7.05. The largest absolute Gasteiger partial charge is 0.456 e. The van der Waals surface area contributed by atoms with E-state index < -0.39 is 0 Å². The molecule has 1 aliphatic carbocycles. The molecule has 292 valence electrons. The number of anilines is 3. The summed E-state index contributed by atoms with van der Waals surface area (Å²) in [4.78, 5) is 2.47. The predicted molar refractivity (Wildman–Crippen MR) is 259 cm³/mol. The second-order valence-corrected chi connectivity index (χ2v) is 17.2. The molecule has 3 heteroatoms. The van der Waals surface area contributed by atoms with Gasteiger partial charge in [0.25, 0.3) is 0 Å². The Morgan fingerprint density at radius 3 is 1.82 bits per heavy atom. The van der Waals surface area contributed by atoms with Crippen LogP contribution in [-0.2, 0) is 5.41 Å². The summed E-state index contributed by atoms with van der Waals surface area (Å²) in [7, 11) is 0. The highest BCUT2D eigenvalue weighted by atomic mass is 16.3. The molecule has 0 unspecified atom stereocenters. The van der Waals surface area contributed by atoms with Crippen molar-refractivity contribution < 1.29 is 8.83 Å². The van der Waals surface area contributed by atoms with Gasteiger partial charge in [0.05, 0.1) is 16.8 Å². The van der Waals surface area contributed by atoms with Crippen LogP contribution < -0.4 is 4.90 Å². The molecule has 62 heavy (non-hydrogen) atoms. The summed E-state index contributed by atoms with van der Waals surface area (Å²) in [5.74, 6) is 0. The summed E-state index contributed by atoms with van der Waals surface area (Å²) in [6.07, 6.45) is 0. The molecular formula is C59H39NO2. The SMILES string of the molecule is CC1(C)c2ccccc2-c2c(N(c3ccc(-c4cccc5oc6ccccc6c45)cc3)c3ccc(-c4cc5ccccc5c5ccccc45)c4oc5ccccc5c34)cccc21. The van der Waals surface area contributed by atoms with Crippen molar-refractivity contribution in [3.63, 3.8) is 0 Å². The molecule has 0 saturated heterocycles. The van der Waals surface area contributed by atoms with E-state index in [4.69, 9.17) is 8.83 Å². The Morgan fingerprint density at radius 1 is 0.387 bits per heavy atom. The van der Waals surface area contributed by atoms with Crippen LogP contribution >= 0.6 is 0 Å². The highest BCUT2D eigenvalue weighted by molar-refractivity contribution is 6.21. The highest BCUT2D eigenvalue weighted by Gasteiger charge is 2.38. The zero-order valence-electron chi connectivity index (χ0n) is 34.3. The zero-order chi connectivity index (χ0) is 41.1. The van der Waals surface area contributed by atoms with Gasteiger partial charge < -0.3 is 13.7 Å². The molecule has 0 atom stereocenters. The molecule has 0 bridgehead atoms. The maximum Gasteiger partial charge on any atom is 0.145 e. The minimum Gasteiger partial charge on any atom is -0.456 e. The van der Waals surface area contributed by atoms with Crippen LogP contribution in [0.2, 0.25) is 0 Å². The van der Waals surface area contributed by atoms with Gasteiger partial charge in [-0.25, -0.2) is 0 Å². The van der Waals surface area contributed by atoms with Gasteiger partial charge in [-0.15, -0.1) is 0 Å². The van der Waals surface area contributed by atoms with Crippen molar-refractivity contribution in [3.8, 4) is 33.4 Å². The number of furan rings is 2. The van der Waals surface area contributed by atoms with Crippen LogP contribution in [0.1, 0.15) is 25.0 Å². The first-order valence-electron chi connectivity index (χ1n) is 21.4. The van der Waals surface area contributed by atoms with Crippen molar-refractivity contribution in [1.29, 1.82) is 0 Å². The standard InChI is InChI=1S/C59H39NO2/c1-59(2)48-23-10-7-19-44(48)56-49(59)24-14-25-50(56)60(38-31-29-36(30-32-38)40-22-13-28-54-55(40)45-20-8-11-26-52(45)61-54)51-34-33-43(58-57(51)46-21-9-12-27-53(46)62-58)47-35-37-15-3-4-16-39(37)41-17-5-6-18-42(41)47/h3-35H,1-2H3. The van der Waals surface area contributed by atoms with Crippen LogP contribution in [0.3, 0.4) is 0 Å². The summed E-state index contributed by atoms with van der Waals surface area (Å²) in [6.45, 7) is 4.70. The van der Waals surface area contributed by atoms with Crippen LogP contribution in [0.15, 0.2) is 209 Å². The van der Waals surface area contributed by atoms with Crippen molar-refractivity contribution in [2.45, 2.75) is 19.3 Å². The third-order valence-corrected chi connectivity index (χ3v) is 13.5. The van der Waals surface area contributed by atoms with E-state index in [1.165, 1.54) is 43.8 Å². The van der Waals surface area contributed by atoms with E-state index in [1.54, 1.807) is 0 Å². The van der Waals surface area contributed by atoms with Gasteiger partial charge in [-0.1, -0.05) is 159 Å². The summed E-state index contributed by atoms with van der Waals surface area (Å²) in [5, 5.41) is 9.31. The molecule has 0 saturated carbocycles. The third-order valence-electron chi connectivity index (χ3n) is 13.5. The molecule has 0 amide bonds. The summed E-state index contributed by atoms with van der Waals surface area (Å²) >= 11 is 0. The van der Waals surface area contributed by atoms with Gasteiger partial charge >= 0.3 is 0 Å². The van der Waals surface area contributed by atoms with Crippen molar-refractivity contribution >= 4 is 82.5 Å². The minimum absolute atomic E-state index is 0.165. The average molecular weight is 794 g/mol. The first-order chi connectivity index (χ1) is 30.5. The number of benzene rings is 10. The number of para-hydroxylation sites is 2. The van der Waals surface area contributed by atoms with E-state index in [-0.39, 0.29) is 5.41 Å². The molecule has 3 nitrogen and oxygen atoms in total. The molecule has 0 N–H and O–H groups in total. The Bertz CT molecular complexity index is 3790. The van der Waals surface area contributed by atoms with Gasteiger partial charge in [-0.3, -0.25) is 0 Å². The van der Waals surface area contributed by atoms with Crippen LogP contribution in [0.4, 0.5) is 17.1 Å². The van der Waals surface area contributed by atoms with E-state index in [0.717, 1.165) is 83.2 Å². The minimum atomic E-state index is -0.165. The first-order valence-corrected chi connectivity index (χ1v) is 21.4. The number of hydrogen-bond acceptors (Lipinski definition) is 3. The van der Waals surface area contributed by atoms with Crippen molar-refractivity contribution in [2.75, 3.05) is 4.90 Å². The Balaban J connectivity index is 1.09. The lowest BCUT2D eigenvalue weighted by molar-refractivity contribution is 0.660. The Labute approximate surface area is 358 Å². The molecule has 0 radical (unpaired) electrons. The molecular weight excluding hydrogens is 755 g/mol. The van der Waals surface area contributed by atoms with Gasteiger partial charge in [-0.2, -0.15) is 0 Å². The van der Waals surface area contributed by atoms with E-state index in [1.807, 2.05) is 12.1 Å². The molecule has 10 aromatic carbocycles. The van der Waals surface area contributed by atoms with Crippen LogP contribution in [0.25, 0.3) is 98.8 Å². The fraction of sp³-hybridized carbons (Fsp3) is 0.0508. The topological polar surface area (TPSA) is 29.5 Å². The second-order valence-electron chi connectivity index (χ2n) is 17.2. The Hall–Kier alpha value is -7.88. The van der Waals surface area contributed by atoms with E-state index in [2.05, 4.69) is 207 Å². The number of rotatable bonds is 5. The summed E-state index contributed by atoms with van der Waals surface area (Å²) in [5.41, 5.74) is 16.3. The highest BCUT2D eigenvalue weighted by Crippen LogP contribution is 2.56. The first kappa shape index (κ1) is 34.9. The molecule has 2 aromatic heterocycles. The average Bonchev–Trinajstić information content (AvgIpc) is 3.98. The molecule has 2 heterocycles. The molecule has 0 spiro atoms. The Morgan fingerprint density at radius 2 is 1.00 bits per heavy atom. The van der Waals surface area contributed by atoms with Crippen molar-refractivity contribution in [2.24, 2.45) is 0 Å². The third kappa shape index (κ3) is 4.94. The summed E-state index contributed by atoms with van der Waals surface area (Å²) in [6, 6.07) is 72.4. The lowest BCUT2D eigenvalue weighted by Crippen LogP contribution is -2.16. The maximum absolute atomic E-state index is 7.05.